The number of aromatic amines is 1. The minimum absolute atomic E-state index is 0.378. The van der Waals surface area contributed by atoms with Gasteiger partial charge in [0, 0.05) is 0 Å². The fourth-order valence-corrected chi connectivity index (χ4v) is 2.67. The third kappa shape index (κ3) is 1.94. The molecule has 1 unspecified atom stereocenters. The van der Waals surface area contributed by atoms with Gasteiger partial charge in [-0.1, -0.05) is 19.1 Å². The number of benzene rings is 1. The van der Waals surface area contributed by atoms with Gasteiger partial charge in [0.05, 0.1) is 15.9 Å². The Hall–Kier alpha value is -1.65. The first kappa shape index (κ1) is 11.4. The molecule has 0 radical (unpaired) electrons. The number of nitrogens with zero attached hydrogens (tertiary/aromatic N) is 1. The summed E-state index contributed by atoms with van der Waals surface area (Å²) in [5, 5.41) is 2.06. The minimum Gasteiger partial charge on any atom is -0.337 e. The van der Waals surface area contributed by atoms with Gasteiger partial charge in [0.15, 0.2) is 0 Å². The van der Waals surface area contributed by atoms with Crippen LogP contribution in [-0.4, -0.2) is 16.5 Å². The first-order chi connectivity index (χ1) is 8.78. The monoisotopic (exact) mass is 257 g/mol. The number of hydrogen-bond donors (Lipinski definition) is 2. The lowest BCUT2D eigenvalue weighted by Gasteiger charge is -2.07. The third-order valence-electron chi connectivity index (χ3n) is 3.18. The van der Waals surface area contributed by atoms with E-state index in [0.717, 1.165) is 16.9 Å². The molecule has 2 heterocycles. The van der Waals surface area contributed by atoms with Gasteiger partial charge in [-0.25, -0.2) is 4.98 Å². The van der Waals surface area contributed by atoms with Gasteiger partial charge < -0.3 is 10.7 Å². The fraction of sp³-hybridized carbons (Fsp3) is 0.214. The van der Waals surface area contributed by atoms with Gasteiger partial charge in [-0.3, -0.25) is 0 Å². The second kappa shape index (κ2) is 4.55. The van der Waals surface area contributed by atoms with E-state index < -0.39 is 0 Å². The molecular weight excluding hydrogens is 242 g/mol. The smallest absolute Gasteiger partial charge is 0.148 e. The maximum Gasteiger partial charge on any atom is 0.148 e. The van der Waals surface area contributed by atoms with Crippen LogP contribution in [0.3, 0.4) is 0 Å². The molecular formula is C14H15N3S. The van der Waals surface area contributed by atoms with Gasteiger partial charge in [-0.2, -0.15) is 0 Å². The fourth-order valence-electron chi connectivity index (χ4n) is 2.00. The quantitative estimate of drug-likeness (QED) is 0.756. The number of thiophene rings is 1. The summed E-state index contributed by atoms with van der Waals surface area (Å²) >= 11 is 1.69. The van der Waals surface area contributed by atoms with Crippen LogP contribution >= 0.6 is 11.3 Å². The van der Waals surface area contributed by atoms with Crippen LogP contribution in [0.5, 0.6) is 0 Å². The molecule has 1 aromatic carbocycles. The highest BCUT2D eigenvalue weighted by atomic mass is 32.1. The Morgan fingerprint density at radius 3 is 3.00 bits per heavy atom. The number of imidazole rings is 1. The van der Waals surface area contributed by atoms with E-state index in [2.05, 4.69) is 46.5 Å². The van der Waals surface area contributed by atoms with E-state index in [-0.39, 0.29) is 0 Å². The van der Waals surface area contributed by atoms with Gasteiger partial charge >= 0.3 is 0 Å². The van der Waals surface area contributed by atoms with Gasteiger partial charge in [0.25, 0.3) is 0 Å². The number of H-pyrrole nitrogens is 1. The van der Waals surface area contributed by atoms with Crippen molar-refractivity contribution in [2.24, 2.45) is 5.73 Å². The molecule has 0 aliphatic carbocycles. The Morgan fingerprint density at radius 2 is 2.28 bits per heavy atom. The molecule has 0 saturated carbocycles. The van der Waals surface area contributed by atoms with Crippen molar-refractivity contribution in [3.05, 3.63) is 41.3 Å². The number of nitrogens with two attached hydrogens (primary N) is 1. The van der Waals surface area contributed by atoms with Crippen LogP contribution in [0.15, 0.2) is 35.7 Å². The second-order valence-corrected chi connectivity index (χ2v) is 5.42. The van der Waals surface area contributed by atoms with Crippen molar-refractivity contribution in [3.63, 3.8) is 0 Å². The Morgan fingerprint density at radius 1 is 1.39 bits per heavy atom. The molecule has 0 spiro atoms. The van der Waals surface area contributed by atoms with Crippen molar-refractivity contribution in [1.82, 2.24) is 9.97 Å². The van der Waals surface area contributed by atoms with Crippen LogP contribution in [0, 0.1) is 0 Å². The Bertz CT molecular complexity index is 655. The molecule has 3 nitrogen and oxygen atoms in total. The zero-order valence-electron chi connectivity index (χ0n) is 10.2. The molecule has 92 valence electrons. The molecule has 1 atom stereocenters. The van der Waals surface area contributed by atoms with Crippen LogP contribution in [0.2, 0.25) is 0 Å². The van der Waals surface area contributed by atoms with E-state index in [9.17, 15) is 0 Å². The normalized spacial score (nSPS) is 13.0. The van der Waals surface area contributed by atoms with Crippen LogP contribution in [0.25, 0.3) is 21.7 Å². The number of nitrogens with one attached hydrogen (secondary N) is 1. The maximum atomic E-state index is 5.71. The molecule has 0 aliphatic heterocycles. The zero-order valence-corrected chi connectivity index (χ0v) is 11.0. The second-order valence-electron chi connectivity index (χ2n) is 4.48. The minimum atomic E-state index is 0.378. The molecule has 18 heavy (non-hydrogen) atoms. The van der Waals surface area contributed by atoms with Crippen LogP contribution in [0.4, 0.5) is 0 Å². The van der Waals surface area contributed by atoms with E-state index >= 15 is 0 Å². The average molecular weight is 257 g/mol. The van der Waals surface area contributed by atoms with E-state index in [0.29, 0.717) is 12.5 Å². The van der Waals surface area contributed by atoms with Crippen LogP contribution in [-0.2, 0) is 0 Å². The molecule has 0 saturated heterocycles. The molecule has 2 aromatic heterocycles. The molecule has 0 fully saturated rings. The van der Waals surface area contributed by atoms with Crippen molar-refractivity contribution in [2.45, 2.75) is 12.8 Å². The highest BCUT2D eigenvalue weighted by Gasteiger charge is 2.08. The first-order valence-corrected chi connectivity index (χ1v) is 6.89. The average Bonchev–Trinajstić information content (AvgIpc) is 3.04. The SMILES string of the molecule is CC(CN)c1ccc2nc(-c3cccs3)[nH]c2c1. The summed E-state index contributed by atoms with van der Waals surface area (Å²) in [6.07, 6.45) is 0. The maximum absolute atomic E-state index is 5.71. The molecule has 0 bridgehead atoms. The summed E-state index contributed by atoms with van der Waals surface area (Å²) in [4.78, 5) is 9.15. The van der Waals surface area contributed by atoms with Crippen molar-refractivity contribution < 1.29 is 0 Å². The van der Waals surface area contributed by atoms with Crippen LogP contribution < -0.4 is 5.73 Å². The molecule has 3 N–H and O–H groups in total. The highest BCUT2D eigenvalue weighted by Crippen LogP contribution is 2.26. The number of rotatable bonds is 3. The Labute approximate surface area is 110 Å². The number of hydrogen-bond acceptors (Lipinski definition) is 3. The van der Waals surface area contributed by atoms with Gasteiger partial charge in [0.2, 0.25) is 0 Å². The van der Waals surface area contributed by atoms with Crippen molar-refractivity contribution >= 4 is 22.4 Å². The van der Waals surface area contributed by atoms with E-state index in [4.69, 9.17) is 5.73 Å². The molecule has 0 amide bonds. The lowest BCUT2D eigenvalue weighted by atomic mass is 10.0. The molecule has 0 aliphatic rings. The van der Waals surface area contributed by atoms with Crippen molar-refractivity contribution in [2.75, 3.05) is 6.54 Å². The molecule has 4 heteroatoms. The summed E-state index contributed by atoms with van der Waals surface area (Å²) in [5.74, 6) is 1.32. The Balaban J connectivity index is 2.07. The van der Waals surface area contributed by atoms with Gasteiger partial charge in [-0.15, -0.1) is 11.3 Å². The molecule has 3 rings (SSSR count). The van der Waals surface area contributed by atoms with Crippen molar-refractivity contribution in [3.8, 4) is 10.7 Å². The number of aromatic nitrogens is 2. The first-order valence-electron chi connectivity index (χ1n) is 6.01. The lowest BCUT2D eigenvalue weighted by molar-refractivity contribution is 0.775. The van der Waals surface area contributed by atoms with E-state index in [1.165, 1.54) is 10.4 Å². The largest absolute Gasteiger partial charge is 0.337 e. The third-order valence-corrected chi connectivity index (χ3v) is 4.06. The molecule has 3 aromatic rings. The van der Waals surface area contributed by atoms with Gasteiger partial charge in [0.1, 0.15) is 5.82 Å². The predicted molar refractivity (Wildman–Crippen MR) is 76.9 cm³/mol. The summed E-state index contributed by atoms with van der Waals surface area (Å²) in [5.41, 5.74) is 9.05. The Kier molecular flexibility index (Phi) is 2.89. The van der Waals surface area contributed by atoms with Crippen molar-refractivity contribution in [1.29, 1.82) is 0 Å². The summed E-state index contributed by atoms with van der Waals surface area (Å²) < 4.78 is 0. The topological polar surface area (TPSA) is 54.7 Å². The summed E-state index contributed by atoms with van der Waals surface area (Å²) in [7, 11) is 0. The zero-order chi connectivity index (χ0) is 12.5. The summed E-state index contributed by atoms with van der Waals surface area (Å²) in [6.45, 7) is 2.80. The van der Waals surface area contributed by atoms with Gasteiger partial charge in [-0.05, 0) is 41.6 Å². The van der Waals surface area contributed by atoms with Crippen LogP contribution in [0.1, 0.15) is 18.4 Å². The standard InChI is InChI=1S/C14H15N3S/c1-9(8-15)10-4-5-11-12(7-10)17-14(16-11)13-3-2-6-18-13/h2-7,9H,8,15H2,1H3,(H,16,17). The lowest BCUT2D eigenvalue weighted by Crippen LogP contribution is -2.08. The van der Waals surface area contributed by atoms with E-state index in [1.807, 2.05) is 6.07 Å². The highest BCUT2D eigenvalue weighted by molar-refractivity contribution is 7.13. The van der Waals surface area contributed by atoms with E-state index in [1.54, 1.807) is 11.3 Å². The summed E-state index contributed by atoms with van der Waals surface area (Å²) in [6, 6.07) is 10.4. The number of fused-ring (bicyclic) bond motifs is 1. The predicted octanol–water partition coefficient (Wildman–Crippen LogP) is 3.35.